The van der Waals surface area contributed by atoms with Gasteiger partial charge in [-0.2, -0.15) is 11.3 Å². The summed E-state index contributed by atoms with van der Waals surface area (Å²) < 4.78 is 5.43. The molecule has 0 saturated heterocycles. The largest absolute Gasteiger partial charge is 0.496 e. The zero-order valence-electron chi connectivity index (χ0n) is 16.4. The number of halogens is 1. The Morgan fingerprint density at radius 3 is 2.70 bits per heavy atom. The summed E-state index contributed by atoms with van der Waals surface area (Å²) in [5.74, 6) is 1.61. The smallest absolute Gasteiger partial charge is 0.191 e. The third-order valence-electron chi connectivity index (χ3n) is 4.16. The number of nitrogens with one attached hydrogen (secondary N) is 2. The van der Waals surface area contributed by atoms with E-state index < -0.39 is 5.60 Å². The molecule has 0 saturated carbocycles. The number of ether oxygens (including phenoxy) is 1. The summed E-state index contributed by atoms with van der Waals surface area (Å²) in [6.45, 7) is 7.69. The van der Waals surface area contributed by atoms with Gasteiger partial charge >= 0.3 is 0 Å². The van der Waals surface area contributed by atoms with Crippen LogP contribution in [0.15, 0.2) is 40.0 Å². The molecule has 150 valence electrons. The first kappa shape index (κ1) is 23.7. The number of rotatable bonds is 8. The Labute approximate surface area is 183 Å². The Morgan fingerprint density at radius 1 is 1.30 bits per heavy atom. The highest BCUT2D eigenvalue weighted by molar-refractivity contribution is 14.0. The Morgan fingerprint density at radius 2 is 2.07 bits per heavy atom. The van der Waals surface area contributed by atoms with Gasteiger partial charge in [0.2, 0.25) is 0 Å². The lowest BCUT2D eigenvalue weighted by Crippen LogP contribution is -2.39. The monoisotopic (exact) mass is 503 g/mol. The highest BCUT2D eigenvalue weighted by Crippen LogP contribution is 2.23. The number of benzene rings is 1. The first-order chi connectivity index (χ1) is 12.5. The molecule has 0 amide bonds. The van der Waals surface area contributed by atoms with Crippen LogP contribution in [0.25, 0.3) is 0 Å². The fourth-order valence-corrected chi connectivity index (χ4v) is 3.44. The summed E-state index contributed by atoms with van der Waals surface area (Å²) in [6, 6.07) is 8.13. The first-order valence-corrected chi connectivity index (χ1v) is 9.81. The van der Waals surface area contributed by atoms with E-state index in [1.165, 1.54) is 11.1 Å². The summed E-state index contributed by atoms with van der Waals surface area (Å²) in [5, 5.41) is 21.1. The average Bonchev–Trinajstić information content (AvgIpc) is 3.15. The molecule has 7 heteroatoms. The van der Waals surface area contributed by atoms with Gasteiger partial charge in [-0.05, 0) is 61.2 Å². The predicted molar refractivity (Wildman–Crippen MR) is 125 cm³/mol. The fourth-order valence-electron chi connectivity index (χ4n) is 2.66. The van der Waals surface area contributed by atoms with Crippen LogP contribution in [0.1, 0.15) is 30.5 Å². The van der Waals surface area contributed by atoms with Crippen LogP contribution < -0.4 is 15.4 Å². The number of aliphatic imine (C=N–C) groups is 1. The normalized spacial score (nSPS) is 13.4. The molecule has 2 aromatic rings. The molecule has 0 bridgehead atoms. The molecule has 3 N–H and O–H groups in total. The van der Waals surface area contributed by atoms with Crippen molar-refractivity contribution < 1.29 is 9.84 Å². The van der Waals surface area contributed by atoms with Crippen LogP contribution in [0.2, 0.25) is 0 Å². The van der Waals surface area contributed by atoms with E-state index in [0.717, 1.165) is 30.8 Å². The predicted octanol–water partition coefficient (Wildman–Crippen LogP) is 3.69. The molecule has 0 aliphatic carbocycles. The molecule has 0 spiro atoms. The Kier molecular flexibility index (Phi) is 10.1. The van der Waals surface area contributed by atoms with Crippen LogP contribution in [-0.2, 0) is 12.0 Å². The van der Waals surface area contributed by atoms with Crippen molar-refractivity contribution in [2.45, 2.75) is 32.8 Å². The van der Waals surface area contributed by atoms with Crippen molar-refractivity contribution in [3.05, 3.63) is 51.7 Å². The molecule has 1 aromatic carbocycles. The number of aryl methyl sites for hydroxylation is 1. The van der Waals surface area contributed by atoms with Crippen LogP contribution in [-0.4, -0.2) is 37.8 Å². The zero-order chi connectivity index (χ0) is 19.0. The lowest BCUT2D eigenvalue weighted by Gasteiger charge is -2.21. The molecule has 1 heterocycles. The van der Waals surface area contributed by atoms with Crippen LogP contribution >= 0.6 is 35.3 Å². The molecule has 1 aromatic heterocycles. The maximum Gasteiger partial charge on any atom is 0.191 e. The molecule has 1 unspecified atom stereocenters. The van der Waals surface area contributed by atoms with E-state index in [9.17, 15) is 5.11 Å². The fraction of sp³-hybridized carbons (Fsp3) is 0.450. The van der Waals surface area contributed by atoms with E-state index in [-0.39, 0.29) is 24.0 Å². The topological polar surface area (TPSA) is 65.9 Å². The summed E-state index contributed by atoms with van der Waals surface area (Å²) in [7, 11) is 1.69. The van der Waals surface area contributed by atoms with Crippen LogP contribution in [0.3, 0.4) is 0 Å². The van der Waals surface area contributed by atoms with Crippen molar-refractivity contribution in [3.63, 3.8) is 0 Å². The molecule has 0 aliphatic rings. The van der Waals surface area contributed by atoms with Gasteiger partial charge in [0, 0.05) is 13.1 Å². The second-order valence-corrected chi connectivity index (χ2v) is 7.25. The number of aliphatic hydroxyl groups is 1. The minimum absolute atomic E-state index is 0. The summed E-state index contributed by atoms with van der Waals surface area (Å²) in [4.78, 5) is 4.55. The molecule has 0 aliphatic heterocycles. The van der Waals surface area contributed by atoms with Crippen molar-refractivity contribution in [2.75, 3.05) is 26.7 Å². The molecular formula is C20H30IN3O2S. The average molecular weight is 503 g/mol. The van der Waals surface area contributed by atoms with E-state index in [1.54, 1.807) is 25.4 Å². The second-order valence-electron chi connectivity index (χ2n) is 6.47. The highest BCUT2D eigenvalue weighted by atomic mass is 127. The maximum absolute atomic E-state index is 10.6. The van der Waals surface area contributed by atoms with E-state index in [2.05, 4.69) is 28.6 Å². The standard InChI is InChI=1S/C20H29N3O2S.HI/c1-5-21-19(23-14-20(3,24)17-9-11-26-13-17)22-10-8-16-12-15(2)6-7-18(16)25-4;/h6-7,9,11-13,24H,5,8,10,14H2,1-4H3,(H2,21,22,23);1H. The lowest BCUT2D eigenvalue weighted by molar-refractivity contribution is 0.0677. The number of methoxy groups -OCH3 is 1. The van der Waals surface area contributed by atoms with Crippen LogP contribution in [0, 0.1) is 6.92 Å². The van der Waals surface area contributed by atoms with E-state index in [1.807, 2.05) is 35.9 Å². The summed E-state index contributed by atoms with van der Waals surface area (Å²) in [6.07, 6.45) is 0.830. The van der Waals surface area contributed by atoms with Crippen molar-refractivity contribution in [2.24, 2.45) is 4.99 Å². The third kappa shape index (κ3) is 7.31. The molecule has 0 fully saturated rings. The van der Waals surface area contributed by atoms with E-state index in [0.29, 0.717) is 12.5 Å². The van der Waals surface area contributed by atoms with E-state index >= 15 is 0 Å². The van der Waals surface area contributed by atoms with Gasteiger partial charge in [0.05, 0.1) is 13.7 Å². The summed E-state index contributed by atoms with van der Waals surface area (Å²) in [5.41, 5.74) is 2.31. The molecule has 27 heavy (non-hydrogen) atoms. The third-order valence-corrected chi connectivity index (χ3v) is 4.84. The van der Waals surface area contributed by atoms with Gasteiger partial charge < -0.3 is 20.5 Å². The molecular weight excluding hydrogens is 473 g/mol. The molecule has 1 atom stereocenters. The molecule has 2 rings (SSSR count). The number of nitrogens with zero attached hydrogens (tertiary/aromatic N) is 1. The molecule has 0 radical (unpaired) electrons. The highest BCUT2D eigenvalue weighted by Gasteiger charge is 2.23. The number of guanidine groups is 1. The van der Waals surface area contributed by atoms with E-state index in [4.69, 9.17) is 4.74 Å². The number of hydrogen-bond donors (Lipinski definition) is 3. The van der Waals surface area contributed by atoms with Crippen molar-refractivity contribution >= 4 is 41.3 Å². The lowest BCUT2D eigenvalue weighted by atomic mass is 10.00. The Hall–Kier alpha value is -1.32. The minimum atomic E-state index is -0.970. The van der Waals surface area contributed by atoms with Gasteiger partial charge in [0.25, 0.3) is 0 Å². The van der Waals surface area contributed by atoms with Crippen molar-refractivity contribution in [1.29, 1.82) is 0 Å². The SMILES string of the molecule is CCNC(=NCC(C)(O)c1ccsc1)NCCc1cc(C)ccc1OC.I. The minimum Gasteiger partial charge on any atom is -0.496 e. The van der Waals surface area contributed by atoms with Gasteiger partial charge in [0.15, 0.2) is 5.96 Å². The van der Waals surface area contributed by atoms with Gasteiger partial charge in [-0.1, -0.05) is 17.7 Å². The summed E-state index contributed by atoms with van der Waals surface area (Å²) >= 11 is 1.58. The number of hydrogen-bond acceptors (Lipinski definition) is 4. The van der Waals surface area contributed by atoms with Gasteiger partial charge in [-0.3, -0.25) is 0 Å². The number of thiophene rings is 1. The van der Waals surface area contributed by atoms with Gasteiger partial charge in [-0.15, -0.1) is 24.0 Å². The van der Waals surface area contributed by atoms with Crippen molar-refractivity contribution in [1.82, 2.24) is 10.6 Å². The van der Waals surface area contributed by atoms with Crippen LogP contribution in [0.5, 0.6) is 5.75 Å². The van der Waals surface area contributed by atoms with Gasteiger partial charge in [-0.25, -0.2) is 4.99 Å². The Bertz CT molecular complexity index is 718. The maximum atomic E-state index is 10.6. The second kappa shape index (κ2) is 11.5. The quantitative estimate of drug-likeness (QED) is 0.292. The Balaban J connectivity index is 0.00000364. The molecule has 5 nitrogen and oxygen atoms in total. The zero-order valence-corrected chi connectivity index (χ0v) is 19.6. The first-order valence-electron chi connectivity index (χ1n) is 8.87. The van der Waals surface area contributed by atoms with Crippen LogP contribution in [0.4, 0.5) is 0 Å². The van der Waals surface area contributed by atoms with Crippen molar-refractivity contribution in [3.8, 4) is 5.75 Å². The van der Waals surface area contributed by atoms with Gasteiger partial charge in [0.1, 0.15) is 11.4 Å².